The van der Waals surface area contributed by atoms with Crippen LogP contribution in [-0.4, -0.2) is 26.0 Å². The van der Waals surface area contributed by atoms with Crippen LogP contribution in [0.2, 0.25) is 0 Å². The molecule has 0 N–H and O–H groups in total. The number of rotatable bonds is 5. The van der Waals surface area contributed by atoms with E-state index in [1.807, 2.05) is 32.1 Å². The fraction of sp³-hybridized carbons (Fsp3) is 0.818. The van der Waals surface area contributed by atoms with Gasteiger partial charge in [-0.3, -0.25) is 0 Å². The van der Waals surface area contributed by atoms with Crippen LogP contribution in [0.3, 0.4) is 0 Å². The molecule has 13 heavy (non-hydrogen) atoms. The van der Waals surface area contributed by atoms with Gasteiger partial charge < -0.3 is 4.90 Å². The molecular weight excluding hydrogens is 182 g/mol. The van der Waals surface area contributed by atoms with E-state index in [-0.39, 0.29) is 12.4 Å². The summed E-state index contributed by atoms with van der Waals surface area (Å²) in [5.74, 6) is 0. The summed E-state index contributed by atoms with van der Waals surface area (Å²) in [5.41, 5.74) is 0. The van der Waals surface area contributed by atoms with E-state index in [9.17, 15) is 0 Å². The highest BCUT2D eigenvalue weighted by Crippen LogP contribution is 2.01. The largest absolute Gasteiger partial charge is 0.312 e. The van der Waals surface area contributed by atoms with E-state index in [2.05, 4.69) is 13.5 Å². The second-order valence-electron chi connectivity index (χ2n) is 3.48. The standard InChI is InChI=1S/C8H16.C3H9N.ClH/c1-3-5-7-8-6-4-2;1-4(2)3;/h3H,1,4-8H2,2H3;1-3H3;1H. The van der Waals surface area contributed by atoms with Crippen LogP contribution in [0.25, 0.3) is 0 Å². The van der Waals surface area contributed by atoms with Crippen molar-refractivity contribution >= 4 is 12.4 Å². The third-order valence-corrected chi connectivity index (χ3v) is 1.26. The Labute approximate surface area is 90.6 Å². The Morgan fingerprint density at radius 2 is 1.54 bits per heavy atom. The van der Waals surface area contributed by atoms with Crippen LogP contribution in [-0.2, 0) is 0 Å². The van der Waals surface area contributed by atoms with E-state index in [0.717, 1.165) is 0 Å². The van der Waals surface area contributed by atoms with Gasteiger partial charge >= 0.3 is 0 Å². The monoisotopic (exact) mass is 207 g/mol. The van der Waals surface area contributed by atoms with Crippen LogP contribution in [0.4, 0.5) is 0 Å². The zero-order chi connectivity index (χ0) is 9.82. The van der Waals surface area contributed by atoms with Crippen molar-refractivity contribution < 1.29 is 0 Å². The van der Waals surface area contributed by atoms with Gasteiger partial charge in [-0.05, 0) is 34.0 Å². The molecule has 0 fully saturated rings. The summed E-state index contributed by atoms with van der Waals surface area (Å²) in [6, 6.07) is 0. The molecule has 0 aromatic carbocycles. The third-order valence-electron chi connectivity index (χ3n) is 1.26. The molecule has 0 spiro atoms. The second kappa shape index (κ2) is 17.9. The quantitative estimate of drug-likeness (QED) is 0.491. The number of unbranched alkanes of at least 4 members (excludes halogenated alkanes) is 4. The molecule has 0 saturated carbocycles. The van der Waals surface area contributed by atoms with Crippen molar-refractivity contribution in [3.05, 3.63) is 12.7 Å². The molecule has 0 aliphatic rings. The Morgan fingerprint density at radius 3 is 1.85 bits per heavy atom. The average molecular weight is 208 g/mol. The van der Waals surface area contributed by atoms with Crippen LogP contribution < -0.4 is 0 Å². The number of hydrogen-bond donors (Lipinski definition) is 0. The molecule has 2 heteroatoms. The maximum Gasteiger partial charge on any atom is -0.0140 e. The Bertz CT molecular complexity index is 79.4. The van der Waals surface area contributed by atoms with Crippen molar-refractivity contribution in [3.8, 4) is 0 Å². The highest BCUT2D eigenvalue weighted by Gasteiger charge is 1.81. The molecule has 82 valence electrons. The Balaban J connectivity index is -0.000000173. The van der Waals surface area contributed by atoms with Gasteiger partial charge in [0.25, 0.3) is 0 Å². The molecular formula is C11H26ClN. The molecule has 0 radical (unpaired) electrons. The molecule has 0 unspecified atom stereocenters. The van der Waals surface area contributed by atoms with E-state index >= 15 is 0 Å². The van der Waals surface area contributed by atoms with Crippen LogP contribution in [0.5, 0.6) is 0 Å². The summed E-state index contributed by atoms with van der Waals surface area (Å²) in [4.78, 5) is 2.00. The number of hydrogen-bond acceptors (Lipinski definition) is 1. The molecule has 1 nitrogen and oxygen atoms in total. The summed E-state index contributed by atoms with van der Waals surface area (Å²) in [6.45, 7) is 5.89. The zero-order valence-electron chi connectivity index (χ0n) is 9.68. The van der Waals surface area contributed by atoms with Gasteiger partial charge in [-0.1, -0.05) is 32.3 Å². The average Bonchev–Trinajstić information content (AvgIpc) is 1.97. The van der Waals surface area contributed by atoms with Crippen molar-refractivity contribution in [1.29, 1.82) is 0 Å². The van der Waals surface area contributed by atoms with Crippen molar-refractivity contribution in [2.24, 2.45) is 0 Å². The first-order valence-electron chi connectivity index (χ1n) is 4.87. The number of allylic oxidation sites excluding steroid dienone is 1. The van der Waals surface area contributed by atoms with Crippen LogP contribution in [0.15, 0.2) is 12.7 Å². The SMILES string of the molecule is C=CCCCCCC.CN(C)C.Cl. The molecule has 0 saturated heterocycles. The lowest BCUT2D eigenvalue weighted by atomic mass is 10.2. The number of halogens is 1. The predicted molar refractivity (Wildman–Crippen MR) is 65.8 cm³/mol. The summed E-state index contributed by atoms with van der Waals surface area (Å²) in [6.07, 6.45) is 8.61. The van der Waals surface area contributed by atoms with Crippen molar-refractivity contribution in [2.75, 3.05) is 21.1 Å². The molecule has 0 aliphatic carbocycles. The molecule has 0 aromatic rings. The van der Waals surface area contributed by atoms with Gasteiger partial charge in [0.1, 0.15) is 0 Å². The van der Waals surface area contributed by atoms with Gasteiger partial charge in [0.2, 0.25) is 0 Å². The minimum Gasteiger partial charge on any atom is -0.312 e. The van der Waals surface area contributed by atoms with Gasteiger partial charge in [0.15, 0.2) is 0 Å². The van der Waals surface area contributed by atoms with E-state index in [0.29, 0.717) is 0 Å². The lowest BCUT2D eigenvalue weighted by Crippen LogP contribution is -1.99. The maximum absolute atomic E-state index is 3.66. The van der Waals surface area contributed by atoms with Gasteiger partial charge in [0, 0.05) is 0 Å². The predicted octanol–water partition coefficient (Wildman–Crippen LogP) is 3.74. The van der Waals surface area contributed by atoms with E-state index in [1.165, 1.54) is 32.1 Å². The van der Waals surface area contributed by atoms with Crippen LogP contribution >= 0.6 is 12.4 Å². The topological polar surface area (TPSA) is 3.24 Å². The zero-order valence-corrected chi connectivity index (χ0v) is 10.5. The first-order chi connectivity index (χ1) is 5.65. The van der Waals surface area contributed by atoms with Gasteiger partial charge in [-0.25, -0.2) is 0 Å². The summed E-state index contributed by atoms with van der Waals surface area (Å²) < 4.78 is 0. The molecule has 0 bridgehead atoms. The number of nitrogens with zero attached hydrogens (tertiary/aromatic N) is 1. The normalized spacial score (nSPS) is 8.38. The smallest absolute Gasteiger partial charge is 0.0140 e. The van der Waals surface area contributed by atoms with Crippen molar-refractivity contribution in [3.63, 3.8) is 0 Å². The molecule has 0 rings (SSSR count). The molecule has 0 amide bonds. The first-order valence-corrected chi connectivity index (χ1v) is 4.87. The lowest BCUT2D eigenvalue weighted by Gasteiger charge is -1.91. The van der Waals surface area contributed by atoms with Gasteiger partial charge in [0.05, 0.1) is 0 Å². The molecule has 0 aliphatic heterocycles. The highest BCUT2D eigenvalue weighted by molar-refractivity contribution is 5.85. The molecule has 0 atom stereocenters. The van der Waals surface area contributed by atoms with Gasteiger partial charge in [-0.2, -0.15) is 0 Å². The summed E-state index contributed by atoms with van der Waals surface area (Å²) in [7, 11) is 6.00. The van der Waals surface area contributed by atoms with Crippen molar-refractivity contribution in [1.82, 2.24) is 4.90 Å². The fourth-order valence-corrected chi connectivity index (χ4v) is 0.715. The Morgan fingerprint density at radius 1 is 1.08 bits per heavy atom. The molecule has 0 heterocycles. The lowest BCUT2D eigenvalue weighted by molar-refractivity contribution is 0.505. The van der Waals surface area contributed by atoms with Crippen molar-refractivity contribution in [2.45, 2.75) is 39.0 Å². The van der Waals surface area contributed by atoms with E-state index < -0.39 is 0 Å². The Kier molecular flexibility index (Phi) is 25.8. The first kappa shape index (κ1) is 18.7. The van der Waals surface area contributed by atoms with Crippen LogP contribution in [0, 0.1) is 0 Å². The maximum atomic E-state index is 3.66. The summed E-state index contributed by atoms with van der Waals surface area (Å²) >= 11 is 0. The fourth-order valence-electron chi connectivity index (χ4n) is 0.715. The second-order valence-corrected chi connectivity index (χ2v) is 3.48. The highest BCUT2D eigenvalue weighted by atomic mass is 35.5. The Hall–Kier alpha value is -0.0100. The molecule has 0 aromatic heterocycles. The third kappa shape index (κ3) is 48.1. The van der Waals surface area contributed by atoms with E-state index in [4.69, 9.17) is 0 Å². The minimum absolute atomic E-state index is 0. The minimum atomic E-state index is 0. The van der Waals surface area contributed by atoms with Gasteiger partial charge in [-0.15, -0.1) is 19.0 Å². The van der Waals surface area contributed by atoms with Crippen LogP contribution in [0.1, 0.15) is 39.0 Å². The van der Waals surface area contributed by atoms with E-state index in [1.54, 1.807) is 0 Å². The summed E-state index contributed by atoms with van der Waals surface area (Å²) in [5, 5.41) is 0.